The van der Waals surface area contributed by atoms with Gasteiger partial charge in [-0.1, -0.05) is 11.6 Å². The highest BCUT2D eigenvalue weighted by Crippen LogP contribution is 2.51. The Labute approximate surface area is 89.3 Å². The van der Waals surface area contributed by atoms with E-state index in [4.69, 9.17) is 4.74 Å². The van der Waals surface area contributed by atoms with Crippen LogP contribution < -0.4 is 4.74 Å². The van der Waals surface area contributed by atoms with Crippen LogP contribution in [0.4, 0.5) is 0 Å². The van der Waals surface area contributed by atoms with Crippen molar-refractivity contribution >= 4 is 0 Å². The van der Waals surface area contributed by atoms with Crippen molar-refractivity contribution in [3.63, 3.8) is 0 Å². The van der Waals surface area contributed by atoms with Crippen LogP contribution in [-0.4, -0.2) is 4.98 Å². The average molecular weight is 199 g/mol. The van der Waals surface area contributed by atoms with Gasteiger partial charge >= 0.3 is 0 Å². The minimum Gasteiger partial charge on any atom is -0.461 e. The Balaban J connectivity index is 1.80. The van der Waals surface area contributed by atoms with Crippen LogP contribution >= 0.6 is 0 Å². The maximum atomic E-state index is 5.83. The van der Waals surface area contributed by atoms with Gasteiger partial charge in [-0.2, -0.15) is 0 Å². The van der Waals surface area contributed by atoms with Crippen LogP contribution in [0.5, 0.6) is 5.75 Å². The first kappa shape index (κ1) is 8.72. The highest BCUT2D eigenvalue weighted by Gasteiger charge is 2.43. The van der Waals surface area contributed by atoms with Crippen molar-refractivity contribution in [2.75, 3.05) is 0 Å². The number of aromatic nitrogens is 1. The molecule has 0 spiro atoms. The second-order valence-electron chi connectivity index (χ2n) is 4.21. The van der Waals surface area contributed by atoms with E-state index in [1.54, 1.807) is 12.4 Å². The van der Waals surface area contributed by atoms with Crippen molar-refractivity contribution in [2.24, 2.45) is 11.8 Å². The third kappa shape index (κ3) is 1.56. The third-order valence-corrected chi connectivity index (χ3v) is 3.14. The van der Waals surface area contributed by atoms with Crippen molar-refractivity contribution in [3.8, 4) is 5.75 Å². The van der Waals surface area contributed by atoms with Crippen LogP contribution in [0.1, 0.15) is 13.3 Å². The molecule has 2 heteroatoms. The summed E-state index contributed by atoms with van der Waals surface area (Å²) in [7, 11) is 0. The molecular formula is C13H13NO. The maximum Gasteiger partial charge on any atom is 0.130 e. The molecule has 3 rings (SSSR count). The number of rotatable bonds is 2. The number of nitrogens with zero attached hydrogens (tertiary/aromatic N) is 1. The molecule has 1 saturated carbocycles. The van der Waals surface area contributed by atoms with Gasteiger partial charge < -0.3 is 4.74 Å². The number of hydrogen-bond acceptors (Lipinski definition) is 2. The fourth-order valence-corrected chi connectivity index (χ4v) is 2.13. The molecule has 1 fully saturated rings. The Hall–Kier alpha value is -1.57. The Bertz CT molecular complexity index is 433. The van der Waals surface area contributed by atoms with E-state index in [1.807, 2.05) is 12.1 Å². The first-order valence-electron chi connectivity index (χ1n) is 5.31. The summed E-state index contributed by atoms with van der Waals surface area (Å²) in [5.74, 6) is 3.36. The van der Waals surface area contributed by atoms with E-state index in [-0.39, 0.29) is 0 Å². The van der Waals surface area contributed by atoms with Crippen molar-refractivity contribution in [1.29, 1.82) is 0 Å². The SMILES string of the molecule is CC1=CC=C(Oc2ccncc2)C2CC12. The van der Waals surface area contributed by atoms with E-state index < -0.39 is 0 Å². The third-order valence-electron chi connectivity index (χ3n) is 3.14. The summed E-state index contributed by atoms with van der Waals surface area (Å²) in [6.07, 6.45) is 9.03. The zero-order valence-corrected chi connectivity index (χ0v) is 8.68. The minimum atomic E-state index is 0.628. The molecule has 0 bridgehead atoms. The Kier molecular flexibility index (Phi) is 1.88. The van der Waals surface area contributed by atoms with E-state index in [9.17, 15) is 0 Å². The van der Waals surface area contributed by atoms with Crippen molar-refractivity contribution in [3.05, 3.63) is 48.0 Å². The normalized spacial score (nSPS) is 27.5. The van der Waals surface area contributed by atoms with Gasteiger partial charge in [0.2, 0.25) is 0 Å². The minimum absolute atomic E-state index is 0.628. The first-order chi connectivity index (χ1) is 7.34. The maximum absolute atomic E-state index is 5.83. The molecule has 1 aromatic rings. The predicted molar refractivity (Wildman–Crippen MR) is 58.3 cm³/mol. The number of hydrogen-bond donors (Lipinski definition) is 0. The summed E-state index contributed by atoms with van der Waals surface area (Å²) in [4.78, 5) is 3.97. The van der Waals surface area contributed by atoms with Crippen LogP contribution in [0.3, 0.4) is 0 Å². The molecule has 2 nitrogen and oxygen atoms in total. The zero-order valence-electron chi connectivity index (χ0n) is 8.68. The van der Waals surface area contributed by atoms with Gasteiger partial charge in [0.25, 0.3) is 0 Å². The molecule has 1 aromatic heterocycles. The van der Waals surface area contributed by atoms with Crippen molar-refractivity contribution in [1.82, 2.24) is 4.98 Å². The molecule has 76 valence electrons. The molecule has 0 N–H and O–H groups in total. The van der Waals surface area contributed by atoms with Gasteiger partial charge in [-0.3, -0.25) is 4.98 Å². The second-order valence-corrected chi connectivity index (χ2v) is 4.21. The van der Waals surface area contributed by atoms with Crippen LogP contribution in [0.2, 0.25) is 0 Å². The number of pyridine rings is 1. The molecule has 2 atom stereocenters. The molecule has 2 unspecified atom stereocenters. The van der Waals surface area contributed by atoms with Crippen LogP contribution in [0, 0.1) is 11.8 Å². The summed E-state index contributed by atoms with van der Waals surface area (Å²) >= 11 is 0. The van der Waals surface area contributed by atoms with Gasteiger partial charge in [-0.25, -0.2) is 0 Å². The number of ether oxygens (including phenoxy) is 1. The average Bonchev–Trinajstić information content (AvgIpc) is 3.05. The van der Waals surface area contributed by atoms with E-state index in [2.05, 4.69) is 24.1 Å². The summed E-state index contributed by atoms with van der Waals surface area (Å²) in [5.41, 5.74) is 1.49. The second kappa shape index (κ2) is 3.23. The van der Waals surface area contributed by atoms with E-state index in [0.29, 0.717) is 5.92 Å². The lowest BCUT2D eigenvalue weighted by Gasteiger charge is -2.12. The lowest BCUT2D eigenvalue weighted by Crippen LogP contribution is -2.02. The van der Waals surface area contributed by atoms with Gasteiger partial charge in [0.15, 0.2) is 0 Å². The van der Waals surface area contributed by atoms with Crippen LogP contribution in [-0.2, 0) is 0 Å². The monoisotopic (exact) mass is 199 g/mol. The highest BCUT2D eigenvalue weighted by atomic mass is 16.5. The summed E-state index contributed by atoms with van der Waals surface area (Å²) in [5, 5.41) is 0. The summed E-state index contributed by atoms with van der Waals surface area (Å²) < 4.78 is 5.83. The standard InChI is InChI=1S/C13H13NO/c1-9-2-3-13(12-8-11(9)12)15-10-4-6-14-7-5-10/h2-7,11-12H,8H2,1H3. The molecule has 0 radical (unpaired) electrons. The fourth-order valence-electron chi connectivity index (χ4n) is 2.13. The first-order valence-corrected chi connectivity index (χ1v) is 5.31. The quantitative estimate of drug-likeness (QED) is 0.730. The topological polar surface area (TPSA) is 22.1 Å². The number of allylic oxidation sites excluding steroid dienone is 4. The Morgan fingerprint density at radius 2 is 2.00 bits per heavy atom. The van der Waals surface area contributed by atoms with Crippen LogP contribution in [0.25, 0.3) is 0 Å². The molecule has 15 heavy (non-hydrogen) atoms. The zero-order chi connectivity index (χ0) is 10.3. The highest BCUT2D eigenvalue weighted by molar-refractivity contribution is 5.34. The molecule has 2 aliphatic carbocycles. The molecule has 0 amide bonds. The van der Waals surface area contributed by atoms with Crippen LogP contribution in [0.15, 0.2) is 48.0 Å². The van der Waals surface area contributed by atoms with Crippen molar-refractivity contribution in [2.45, 2.75) is 13.3 Å². The van der Waals surface area contributed by atoms with Gasteiger partial charge in [0, 0.05) is 18.3 Å². The van der Waals surface area contributed by atoms with Gasteiger partial charge in [0.1, 0.15) is 11.5 Å². The molecule has 0 saturated heterocycles. The molecule has 0 aliphatic heterocycles. The van der Waals surface area contributed by atoms with E-state index in [1.165, 1.54) is 12.0 Å². The smallest absolute Gasteiger partial charge is 0.130 e. The van der Waals surface area contributed by atoms with Gasteiger partial charge in [0.05, 0.1) is 0 Å². The lowest BCUT2D eigenvalue weighted by molar-refractivity contribution is 0.387. The largest absolute Gasteiger partial charge is 0.461 e. The molecular weight excluding hydrogens is 186 g/mol. The number of fused-ring (bicyclic) bond motifs is 1. The summed E-state index contributed by atoms with van der Waals surface area (Å²) in [6, 6.07) is 3.78. The Morgan fingerprint density at radius 3 is 2.80 bits per heavy atom. The van der Waals surface area contributed by atoms with Crippen molar-refractivity contribution < 1.29 is 4.74 Å². The van der Waals surface area contributed by atoms with E-state index in [0.717, 1.165) is 17.4 Å². The van der Waals surface area contributed by atoms with E-state index >= 15 is 0 Å². The predicted octanol–water partition coefficient (Wildman–Crippen LogP) is 2.94. The molecule has 1 heterocycles. The van der Waals surface area contributed by atoms with Gasteiger partial charge in [-0.15, -0.1) is 0 Å². The summed E-state index contributed by atoms with van der Waals surface area (Å²) in [6.45, 7) is 2.20. The fraction of sp³-hybridized carbons (Fsp3) is 0.308. The molecule has 0 aromatic carbocycles. The Morgan fingerprint density at radius 1 is 1.20 bits per heavy atom. The molecule has 2 aliphatic rings. The van der Waals surface area contributed by atoms with Gasteiger partial charge in [-0.05, 0) is 37.5 Å². The lowest BCUT2D eigenvalue weighted by atomic mass is 10.1.